The van der Waals surface area contributed by atoms with Crippen molar-refractivity contribution >= 4 is 5.97 Å². The summed E-state index contributed by atoms with van der Waals surface area (Å²) in [7, 11) is 1.73. The molecule has 0 aliphatic carbocycles. The maximum Gasteiger partial charge on any atom is 0.310 e. The van der Waals surface area contributed by atoms with E-state index in [0.717, 1.165) is 26.1 Å². The van der Waals surface area contributed by atoms with Crippen LogP contribution in [0.15, 0.2) is 0 Å². The average molecular weight is 257 g/mol. The minimum atomic E-state index is -0.652. The van der Waals surface area contributed by atoms with Crippen molar-refractivity contribution in [3.8, 4) is 0 Å². The van der Waals surface area contributed by atoms with Crippen molar-refractivity contribution in [1.29, 1.82) is 0 Å². The molecule has 4 nitrogen and oxygen atoms in total. The van der Waals surface area contributed by atoms with Gasteiger partial charge in [0.1, 0.15) is 0 Å². The van der Waals surface area contributed by atoms with Crippen LogP contribution in [-0.4, -0.2) is 49.3 Å². The van der Waals surface area contributed by atoms with Crippen LogP contribution in [-0.2, 0) is 9.53 Å². The summed E-state index contributed by atoms with van der Waals surface area (Å²) >= 11 is 0. The fourth-order valence-corrected chi connectivity index (χ4v) is 2.94. The number of carboxylic acid groups (broad SMARTS) is 1. The van der Waals surface area contributed by atoms with Gasteiger partial charge in [-0.3, -0.25) is 4.79 Å². The van der Waals surface area contributed by atoms with Crippen molar-refractivity contribution in [2.75, 3.05) is 33.4 Å². The molecule has 0 aromatic carbocycles. The highest BCUT2D eigenvalue weighted by molar-refractivity contribution is 5.74. The summed E-state index contributed by atoms with van der Waals surface area (Å²) in [5.74, 6) is -0.0923. The second-order valence-corrected chi connectivity index (χ2v) is 5.49. The minimum Gasteiger partial charge on any atom is -0.481 e. The second kappa shape index (κ2) is 7.10. The Morgan fingerprint density at radius 2 is 2.11 bits per heavy atom. The molecule has 106 valence electrons. The first-order valence-corrected chi connectivity index (χ1v) is 7.02. The topological polar surface area (TPSA) is 49.8 Å². The Morgan fingerprint density at radius 3 is 2.61 bits per heavy atom. The largest absolute Gasteiger partial charge is 0.481 e. The van der Waals surface area contributed by atoms with Gasteiger partial charge in [0.25, 0.3) is 0 Å². The number of hydrogen-bond donors (Lipinski definition) is 1. The Balaban J connectivity index is 2.61. The molecule has 4 heteroatoms. The predicted octanol–water partition coefficient (Wildman–Crippen LogP) is 2.24. The number of piperidine rings is 1. The molecule has 1 aliphatic rings. The van der Waals surface area contributed by atoms with Gasteiger partial charge in [0.2, 0.25) is 0 Å². The van der Waals surface area contributed by atoms with Gasteiger partial charge in [0, 0.05) is 20.2 Å². The van der Waals surface area contributed by atoms with Crippen LogP contribution >= 0.6 is 0 Å². The molecule has 1 unspecified atom stereocenters. The van der Waals surface area contributed by atoms with E-state index in [1.807, 2.05) is 13.8 Å². The van der Waals surface area contributed by atoms with Crippen LogP contribution in [0.4, 0.5) is 0 Å². The molecule has 0 spiro atoms. The lowest BCUT2D eigenvalue weighted by Gasteiger charge is -2.38. The zero-order chi connectivity index (χ0) is 13.6. The van der Waals surface area contributed by atoms with Gasteiger partial charge in [-0.2, -0.15) is 0 Å². The van der Waals surface area contributed by atoms with E-state index in [1.54, 1.807) is 7.11 Å². The monoisotopic (exact) mass is 257 g/mol. The van der Waals surface area contributed by atoms with Crippen molar-refractivity contribution in [2.24, 2.45) is 11.3 Å². The van der Waals surface area contributed by atoms with Crippen molar-refractivity contribution in [1.82, 2.24) is 4.90 Å². The molecule has 1 rings (SSSR count). The van der Waals surface area contributed by atoms with Crippen molar-refractivity contribution in [2.45, 2.75) is 39.5 Å². The smallest absolute Gasteiger partial charge is 0.310 e. The molecule has 0 bridgehead atoms. The van der Waals surface area contributed by atoms with Crippen molar-refractivity contribution in [3.63, 3.8) is 0 Å². The van der Waals surface area contributed by atoms with Gasteiger partial charge in [-0.1, -0.05) is 13.8 Å². The molecule has 1 N–H and O–H groups in total. The van der Waals surface area contributed by atoms with Crippen LogP contribution in [0.3, 0.4) is 0 Å². The van der Waals surface area contributed by atoms with E-state index in [1.165, 1.54) is 6.42 Å². The average Bonchev–Trinajstić information content (AvgIpc) is 2.36. The van der Waals surface area contributed by atoms with Gasteiger partial charge in [0.15, 0.2) is 0 Å². The van der Waals surface area contributed by atoms with E-state index in [0.29, 0.717) is 25.3 Å². The molecule has 1 atom stereocenters. The fraction of sp³-hybridized carbons (Fsp3) is 0.929. The Kier molecular flexibility index (Phi) is 6.09. The summed E-state index contributed by atoms with van der Waals surface area (Å²) < 4.78 is 5.22. The molecule has 1 saturated heterocycles. The fourth-order valence-electron chi connectivity index (χ4n) is 2.94. The predicted molar refractivity (Wildman–Crippen MR) is 71.7 cm³/mol. The second-order valence-electron chi connectivity index (χ2n) is 5.49. The normalized spacial score (nSPS) is 22.1. The molecule has 0 amide bonds. The van der Waals surface area contributed by atoms with Gasteiger partial charge in [-0.05, 0) is 38.1 Å². The first-order chi connectivity index (χ1) is 8.57. The molecule has 0 aromatic heterocycles. The number of nitrogens with zero attached hydrogens (tertiary/aromatic N) is 1. The summed E-state index contributed by atoms with van der Waals surface area (Å²) in [6.07, 6.45) is 3.74. The number of hydrogen-bond acceptors (Lipinski definition) is 3. The highest BCUT2D eigenvalue weighted by atomic mass is 16.5. The van der Waals surface area contributed by atoms with Gasteiger partial charge < -0.3 is 14.7 Å². The Morgan fingerprint density at radius 1 is 1.44 bits per heavy atom. The van der Waals surface area contributed by atoms with Crippen molar-refractivity contribution < 1.29 is 14.6 Å². The SMILES string of the molecule is CCC(CC)(CN1CCCC(COC)C1)C(=O)O. The van der Waals surface area contributed by atoms with Crippen LogP contribution in [0.2, 0.25) is 0 Å². The zero-order valence-electron chi connectivity index (χ0n) is 11.9. The Hall–Kier alpha value is -0.610. The molecule has 0 saturated carbocycles. The zero-order valence-corrected chi connectivity index (χ0v) is 11.9. The lowest BCUT2D eigenvalue weighted by atomic mass is 9.81. The highest BCUT2D eigenvalue weighted by Gasteiger charge is 2.37. The van der Waals surface area contributed by atoms with Gasteiger partial charge in [0.05, 0.1) is 12.0 Å². The number of carbonyl (C=O) groups is 1. The highest BCUT2D eigenvalue weighted by Crippen LogP contribution is 2.30. The first kappa shape index (κ1) is 15.4. The quantitative estimate of drug-likeness (QED) is 0.760. The lowest BCUT2D eigenvalue weighted by molar-refractivity contribution is -0.151. The molecule has 0 aromatic rings. The molecular formula is C14H27NO3. The number of ether oxygens (including phenoxy) is 1. The summed E-state index contributed by atoms with van der Waals surface area (Å²) in [6, 6.07) is 0. The maximum atomic E-state index is 11.5. The van der Waals surface area contributed by atoms with Crippen LogP contribution < -0.4 is 0 Å². The van der Waals surface area contributed by atoms with Crippen LogP contribution in [0.5, 0.6) is 0 Å². The van der Waals surface area contributed by atoms with E-state index < -0.39 is 11.4 Å². The molecular weight excluding hydrogens is 230 g/mol. The Bertz CT molecular complexity index is 262. The third kappa shape index (κ3) is 3.69. The third-order valence-corrected chi connectivity index (χ3v) is 4.34. The number of likely N-dealkylation sites (tertiary alicyclic amines) is 1. The first-order valence-electron chi connectivity index (χ1n) is 7.02. The van der Waals surface area contributed by atoms with Gasteiger partial charge in [-0.25, -0.2) is 0 Å². The van der Waals surface area contributed by atoms with E-state index in [9.17, 15) is 9.90 Å². The van der Waals surface area contributed by atoms with Gasteiger partial charge >= 0.3 is 5.97 Å². The minimum absolute atomic E-state index is 0.559. The molecule has 18 heavy (non-hydrogen) atoms. The summed E-state index contributed by atoms with van der Waals surface area (Å²) in [6.45, 7) is 7.42. The van der Waals surface area contributed by atoms with E-state index >= 15 is 0 Å². The molecule has 0 radical (unpaired) electrons. The van der Waals surface area contributed by atoms with Crippen LogP contribution in [0.25, 0.3) is 0 Å². The van der Waals surface area contributed by atoms with Crippen molar-refractivity contribution in [3.05, 3.63) is 0 Å². The molecule has 1 fully saturated rings. The summed E-state index contributed by atoms with van der Waals surface area (Å²) in [4.78, 5) is 13.8. The number of rotatable bonds is 7. The van der Waals surface area contributed by atoms with Crippen LogP contribution in [0.1, 0.15) is 39.5 Å². The van der Waals surface area contributed by atoms with Gasteiger partial charge in [-0.15, -0.1) is 0 Å². The van der Waals surface area contributed by atoms with E-state index in [4.69, 9.17) is 4.74 Å². The van der Waals surface area contributed by atoms with E-state index in [2.05, 4.69) is 4.90 Å². The van der Waals surface area contributed by atoms with E-state index in [-0.39, 0.29) is 0 Å². The number of aliphatic carboxylic acids is 1. The third-order valence-electron chi connectivity index (χ3n) is 4.34. The maximum absolute atomic E-state index is 11.5. The lowest BCUT2D eigenvalue weighted by Crippen LogP contribution is -2.46. The Labute approximate surface area is 110 Å². The standard InChI is InChI=1S/C14H27NO3/c1-4-14(5-2,13(16)17)11-15-8-6-7-12(9-15)10-18-3/h12H,4-11H2,1-3H3,(H,16,17). The van der Waals surface area contributed by atoms with Crippen LogP contribution in [0, 0.1) is 11.3 Å². The number of carboxylic acids is 1. The number of methoxy groups -OCH3 is 1. The summed E-state index contributed by atoms with van der Waals surface area (Å²) in [5.41, 5.74) is -0.574. The molecule has 1 aliphatic heterocycles. The molecule has 1 heterocycles. The summed E-state index contributed by atoms with van der Waals surface area (Å²) in [5, 5.41) is 9.47.